The molecule has 1 aliphatic rings. The van der Waals surface area contributed by atoms with Gasteiger partial charge in [-0.2, -0.15) is 0 Å². The van der Waals surface area contributed by atoms with Crippen LogP contribution >= 0.6 is 0 Å². The van der Waals surface area contributed by atoms with E-state index in [4.69, 9.17) is 14.6 Å². The maximum Gasteiger partial charge on any atom is 0.297 e. The van der Waals surface area contributed by atoms with Gasteiger partial charge >= 0.3 is 0 Å². The molecule has 1 heterocycles. The highest BCUT2D eigenvalue weighted by Crippen LogP contribution is 2.21. The highest BCUT2D eigenvalue weighted by Gasteiger charge is 2.36. The monoisotopic (exact) mass is 200 g/mol. The molecule has 0 amide bonds. The van der Waals surface area contributed by atoms with Crippen molar-refractivity contribution in [2.45, 2.75) is 19.4 Å². The van der Waals surface area contributed by atoms with Crippen LogP contribution in [-0.4, -0.2) is 23.0 Å². The maximum absolute atomic E-state index is 10.8. The summed E-state index contributed by atoms with van der Waals surface area (Å²) in [5.74, 6) is -0.650. The Balaban J connectivity index is 0.000000292. The summed E-state index contributed by atoms with van der Waals surface area (Å²) in [6.07, 6.45) is 2.13. The smallest absolute Gasteiger partial charge is 0.297 e. The van der Waals surface area contributed by atoms with Crippen LogP contribution in [0.2, 0.25) is 0 Å². The number of rotatable bonds is 2. The predicted octanol–water partition coefficient (Wildman–Crippen LogP) is 1.07. The minimum absolute atomic E-state index is 0.292. The Labute approximate surface area is 81.6 Å². The fraction of sp³-hybridized carbons (Fsp3) is 0.333. The van der Waals surface area contributed by atoms with E-state index in [-0.39, 0.29) is 11.5 Å². The Morgan fingerprint density at radius 3 is 2.29 bits per heavy atom. The van der Waals surface area contributed by atoms with E-state index in [2.05, 4.69) is 11.3 Å². The van der Waals surface area contributed by atoms with E-state index in [1.54, 1.807) is 13.8 Å². The van der Waals surface area contributed by atoms with Crippen LogP contribution in [0.4, 0.5) is 0 Å². The zero-order valence-corrected chi connectivity index (χ0v) is 8.02. The summed E-state index contributed by atoms with van der Waals surface area (Å²) in [6.45, 7) is 6.62. The van der Waals surface area contributed by atoms with Crippen molar-refractivity contribution >= 4 is 12.3 Å². The predicted molar refractivity (Wildman–Crippen MR) is 48.2 cm³/mol. The molecular weight excluding hydrogens is 188 g/mol. The van der Waals surface area contributed by atoms with Gasteiger partial charge in [0.1, 0.15) is 6.26 Å². The molecule has 1 rings (SSSR count). The number of ketones is 1. The highest BCUT2D eigenvalue weighted by molar-refractivity contribution is 6.00. The van der Waals surface area contributed by atoms with E-state index in [1.165, 1.54) is 0 Å². The number of carbonyl (C=O) groups is 2. The lowest BCUT2D eigenvalue weighted by molar-refractivity contribution is -0.128. The lowest BCUT2D eigenvalue weighted by Crippen LogP contribution is -2.29. The first-order valence-corrected chi connectivity index (χ1v) is 3.77. The van der Waals surface area contributed by atoms with Gasteiger partial charge in [-0.1, -0.05) is 6.58 Å². The molecule has 0 aromatic carbocycles. The molecule has 0 aliphatic carbocycles. The quantitative estimate of drug-likeness (QED) is 0.533. The molecule has 0 fully saturated rings. The zero-order valence-electron chi connectivity index (χ0n) is 8.02. The Morgan fingerprint density at radius 2 is 2.21 bits per heavy atom. The first-order valence-electron chi connectivity index (χ1n) is 3.77. The van der Waals surface area contributed by atoms with Crippen LogP contribution in [0.1, 0.15) is 13.8 Å². The number of carbonyl (C=O) groups excluding carboxylic acids is 2. The molecule has 0 atom stereocenters. The van der Waals surface area contributed by atoms with Gasteiger partial charge in [-0.3, -0.25) is 9.59 Å². The summed E-state index contributed by atoms with van der Waals surface area (Å²) in [6, 6.07) is 0. The van der Waals surface area contributed by atoms with Gasteiger partial charge in [0.05, 0.1) is 6.26 Å². The standard InChI is InChI=1S/C6H8O3.C3H4O2/c1-6(2)5(8)4(7)3-9-6;1-2-5-3-4/h3,7H,1-2H3;2-3H,1H2. The van der Waals surface area contributed by atoms with E-state index < -0.39 is 5.60 Å². The van der Waals surface area contributed by atoms with Gasteiger partial charge < -0.3 is 14.6 Å². The summed E-state index contributed by atoms with van der Waals surface area (Å²) in [5.41, 5.74) is -0.857. The summed E-state index contributed by atoms with van der Waals surface area (Å²) in [7, 11) is 0. The lowest BCUT2D eigenvalue weighted by atomic mass is 10.1. The number of ether oxygens (including phenoxy) is 2. The van der Waals surface area contributed by atoms with Crippen LogP contribution in [-0.2, 0) is 19.1 Å². The minimum Gasteiger partial charge on any atom is -0.502 e. The number of hydrogen-bond acceptors (Lipinski definition) is 5. The largest absolute Gasteiger partial charge is 0.502 e. The van der Waals surface area contributed by atoms with Crippen LogP contribution in [0.3, 0.4) is 0 Å². The topological polar surface area (TPSA) is 72.8 Å². The summed E-state index contributed by atoms with van der Waals surface area (Å²) in [4.78, 5) is 19.9. The summed E-state index contributed by atoms with van der Waals surface area (Å²) in [5, 5.41) is 8.72. The SMILES string of the molecule is C=COC=O.CC1(C)OC=C(O)C1=O. The van der Waals surface area contributed by atoms with Gasteiger partial charge in [0, 0.05) is 0 Å². The van der Waals surface area contributed by atoms with Gasteiger partial charge in [0.2, 0.25) is 5.78 Å². The van der Waals surface area contributed by atoms with Crippen molar-refractivity contribution in [2.75, 3.05) is 0 Å². The van der Waals surface area contributed by atoms with Crippen LogP contribution in [0.5, 0.6) is 0 Å². The van der Waals surface area contributed by atoms with Gasteiger partial charge in [-0.05, 0) is 13.8 Å². The van der Waals surface area contributed by atoms with E-state index >= 15 is 0 Å². The molecule has 5 nitrogen and oxygen atoms in total. The Kier molecular flexibility index (Phi) is 4.42. The molecule has 0 aromatic heterocycles. The number of aliphatic hydroxyl groups excluding tert-OH is 1. The third-order valence-corrected chi connectivity index (χ3v) is 1.40. The third kappa shape index (κ3) is 3.30. The van der Waals surface area contributed by atoms with Crippen molar-refractivity contribution in [3.63, 3.8) is 0 Å². The lowest BCUT2D eigenvalue weighted by Gasteiger charge is -2.13. The van der Waals surface area contributed by atoms with Gasteiger partial charge in [-0.25, -0.2) is 0 Å². The average Bonchev–Trinajstić information content (AvgIpc) is 2.35. The van der Waals surface area contributed by atoms with E-state index in [1.807, 2.05) is 0 Å². The Morgan fingerprint density at radius 1 is 1.64 bits per heavy atom. The van der Waals surface area contributed by atoms with Crippen LogP contribution in [0.25, 0.3) is 0 Å². The summed E-state index contributed by atoms with van der Waals surface area (Å²) >= 11 is 0. The van der Waals surface area contributed by atoms with Crippen LogP contribution in [0.15, 0.2) is 24.9 Å². The third-order valence-electron chi connectivity index (χ3n) is 1.40. The van der Waals surface area contributed by atoms with E-state index in [0.717, 1.165) is 12.5 Å². The van der Waals surface area contributed by atoms with Gasteiger partial charge in [0.15, 0.2) is 11.4 Å². The van der Waals surface area contributed by atoms with Crippen molar-refractivity contribution in [1.29, 1.82) is 0 Å². The normalized spacial score (nSPS) is 17.0. The average molecular weight is 200 g/mol. The van der Waals surface area contributed by atoms with Crippen LogP contribution < -0.4 is 0 Å². The van der Waals surface area contributed by atoms with Crippen molar-refractivity contribution in [1.82, 2.24) is 0 Å². The fourth-order valence-electron chi connectivity index (χ4n) is 0.658. The van der Waals surface area contributed by atoms with Crippen LogP contribution in [0, 0.1) is 0 Å². The van der Waals surface area contributed by atoms with E-state index in [0.29, 0.717) is 6.47 Å². The molecule has 0 radical (unpaired) electrons. The first-order chi connectivity index (χ1) is 6.45. The molecule has 5 heteroatoms. The van der Waals surface area contributed by atoms with Crippen molar-refractivity contribution in [3.05, 3.63) is 24.9 Å². The molecule has 0 spiro atoms. The first kappa shape index (κ1) is 12.2. The molecule has 0 unspecified atom stereocenters. The van der Waals surface area contributed by atoms with Crippen molar-refractivity contribution in [2.24, 2.45) is 0 Å². The maximum atomic E-state index is 10.8. The minimum atomic E-state index is -0.857. The molecule has 78 valence electrons. The van der Waals surface area contributed by atoms with Gasteiger partial charge in [0.25, 0.3) is 6.47 Å². The summed E-state index contributed by atoms with van der Waals surface area (Å²) < 4.78 is 8.72. The highest BCUT2D eigenvalue weighted by atomic mass is 16.5. The van der Waals surface area contributed by atoms with E-state index in [9.17, 15) is 4.79 Å². The second kappa shape index (κ2) is 5.06. The molecular formula is C9H12O5. The molecule has 1 aliphatic heterocycles. The number of hydrogen-bond donors (Lipinski definition) is 1. The Bertz CT molecular complexity index is 258. The number of Topliss-reactive ketones (excluding diaryl/α,β-unsaturated/α-hetero) is 1. The molecule has 14 heavy (non-hydrogen) atoms. The molecule has 1 N–H and O–H groups in total. The second-order valence-electron chi connectivity index (χ2n) is 2.86. The molecule has 0 saturated carbocycles. The zero-order chi connectivity index (χ0) is 11.2. The van der Waals surface area contributed by atoms with Crippen molar-refractivity contribution < 1.29 is 24.2 Å². The number of aliphatic hydroxyl groups is 1. The molecule has 0 bridgehead atoms. The van der Waals surface area contributed by atoms with Gasteiger partial charge in [-0.15, -0.1) is 0 Å². The molecule has 0 aromatic rings. The fourth-order valence-corrected chi connectivity index (χ4v) is 0.658. The second-order valence-corrected chi connectivity index (χ2v) is 2.86. The molecule has 0 saturated heterocycles. The Hall–Kier alpha value is -1.78. The van der Waals surface area contributed by atoms with Crippen molar-refractivity contribution in [3.8, 4) is 0 Å².